The highest BCUT2D eigenvalue weighted by Crippen LogP contribution is 2.26. The van der Waals surface area contributed by atoms with Gasteiger partial charge < -0.3 is 5.73 Å². The number of aryl methyl sites for hydroxylation is 2. The van der Waals surface area contributed by atoms with Crippen molar-refractivity contribution in [2.24, 2.45) is 12.8 Å². The van der Waals surface area contributed by atoms with E-state index in [1.54, 1.807) is 16.9 Å². The Bertz CT molecular complexity index is 547. The van der Waals surface area contributed by atoms with Crippen LogP contribution in [0, 0.1) is 19.7 Å². The van der Waals surface area contributed by atoms with E-state index >= 15 is 0 Å². The van der Waals surface area contributed by atoms with Crippen LogP contribution in [0.25, 0.3) is 0 Å². The molecule has 0 saturated heterocycles. The molecule has 2 aromatic heterocycles. The molecule has 0 amide bonds. The maximum atomic E-state index is 13.6. The van der Waals surface area contributed by atoms with E-state index in [0.29, 0.717) is 5.56 Å². The molecule has 2 N–H and O–H groups in total. The summed E-state index contributed by atoms with van der Waals surface area (Å²) in [6.45, 7) is 3.80. The van der Waals surface area contributed by atoms with Crippen molar-refractivity contribution < 1.29 is 4.39 Å². The molecule has 0 aromatic carbocycles. The van der Waals surface area contributed by atoms with E-state index in [1.807, 2.05) is 20.9 Å². The Morgan fingerprint density at radius 2 is 2.12 bits per heavy atom. The summed E-state index contributed by atoms with van der Waals surface area (Å²) >= 11 is 0. The maximum Gasteiger partial charge on any atom is 0.146 e. The molecule has 5 heteroatoms. The molecular weight excluding hydrogens is 219 g/mol. The second-order valence-corrected chi connectivity index (χ2v) is 4.08. The van der Waals surface area contributed by atoms with E-state index in [4.69, 9.17) is 5.73 Å². The third kappa shape index (κ3) is 1.93. The number of rotatable bonds is 2. The van der Waals surface area contributed by atoms with E-state index in [9.17, 15) is 4.39 Å². The Morgan fingerprint density at radius 1 is 1.41 bits per heavy atom. The number of nitrogens with zero attached hydrogens (tertiary/aromatic N) is 3. The lowest BCUT2D eigenvalue weighted by molar-refractivity contribution is 0.592. The Labute approximate surface area is 99.3 Å². The van der Waals surface area contributed by atoms with Gasteiger partial charge in [-0.15, -0.1) is 0 Å². The molecule has 1 atom stereocenters. The van der Waals surface area contributed by atoms with Crippen LogP contribution in [-0.2, 0) is 7.05 Å². The monoisotopic (exact) mass is 234 g/mol. The summed E-state index contributed by atoms with van der Waals surface area (Å²) < 4.78 is 15.4. The van der Waals surface area contributed by atoms with Crippen LogP contribution in [-0.4, -0.2) is 14.8 Å². The molecule has 0 radical (unpaired) electrons. The van der Waals surface area contributed by atoms with Gasteiger partial charge >= 0.3 is 0 Å². The molecule has 4 nitrogen and oxygen atoms in total. The zero-order valence-corrected chi connectivity index (χ0v) is 10.1. The van der Waals surface area contributed by atoms with Gasteiger partial charge in [-0.3, -0.25) is 9.67 Å². The molecule has 2 heterocycles. The third-order valence-electron chi connectivity index (χ3n) is 3.01. The molecule has 1 unspecified atom stereocenters. The van der Waals surface area contributed by atoms with Crippen molar-refractivity contribution in [3.63, 3.8) is 0 Å². The van der Waals surface area contributed by atoms with Crippen molar-refractivity contribution in [3.05, 3.63) is 46.8 Å². The molecule has 0 aliphatic rings. The molecule has 0 aliphatic carbocycles. The van der Waals surface area contributed by atoms with Crippen molar-refractivity contribution in [1.82, 2.24) is 14.8 Å². The van der Waals surface area contributed by atoms with Crippen LogP contribution < -0.4 is 5.73 Å². The summed E-state index contributed by atoms with van der Waals surface area (Å²) in [7, 11) is 1.85. The molecule has 0 aliphatic heterocycles. The predicted molar refractivity (Wildman–Crippen MR) is 62.9 cm³/mol. The van der Waals surface area contributed by atoms with Gasteiger partial charge in [-0.05, 0) is 19.9 Å². The number of nitrogens with two attached hydrogens (primary N) is 1. The van der Waals surface area contributed by atoms with Crippen molar-refractivity contribution >= 4 is 0 Å². The van der Waals surface area contributed by atoms with Crippen LogP contribution >= 0.6 is 0 Å². The topological polar surface area (TPSA) is 56.7 Å². The Balaban J connectivity index is 2.51. The first kappa shape index (κ1) is 11.7. The fourth-order valence-corrected chi connectivity index (χ4v) is 2.03. The van der Waals surface area contributed by atoms with E-state index in [0.717, 1.165) is 17.0 Å². The molecule has 0 fully saturated rings. The number of aromatic nitrogens is 3. The molecule has 90 valence electrons. The quantitative estimate of drug-likeness (QED) is 0.859. The molecule has 0 spiro atoms. The number of halogens is 1. The first-order valence-electron chi connectivity index (χ1n) is 5.37. The van der Waals surface area contributed by atoms with Gasteiger partial charge in [-0.1, -0.05) is 0 Å². The van der Waals surface area contributed by atoms with Crippen LogP contribution in [0.15, 0.2) is 18.5 Å². The summed E-state index contributed by atoms with van der Waals surface area (Å²) in [4.78, 5) is 3.72. The van der Waals surface area contributed by atoms with Gasteiger partial charge in [0, 0.05) is 30.1 Å². The fraction of sp³-hybridized carbons (Fsp3) is 0.333. The maximum absolute atomic E-state index is 13.6. The SMILES string of the molecule is Cc1nn(C)c(C)c1C(N)c1ccncc1F. The average Bonchev–Trinajstić information content (AvgIpc) is 2.53. The second kappa shape index (κ2) is 4.25. The van der Waals surface area contributed by atoms with Gasteiger partial charge in [0.1, 0.15) is 5.82 Å². The highest BCUT2D eigenvalue weighted by Gasteiger charge is 2.20. The molecule has 0 bridgehead atoms. The summed E-state index contributed by atoms with van der Waals surface area (Å²) in [5, 5.41) is 4.29. The van der Waals surface area contributed by atoms with Crippen molar-refractivity contribution in [3.8, 4) is 0 Å². The van der Waals surface area contributed by atoms with E-state index < -0.39 is 6.04 Å². The fourth-order valence-electron chi connectivity index (χ4n) is 2.03. The smallest absolute Gasteiger partial charge is 0.146 e. The van der Waals surface area contributed by atoms with Crippen molar-refractivity contribution in [1.29, 1.82) is 0 Å². The lowest BCUT2D eigenvalue weighted by Crippen LogP contribution is -2.15. The first-order valence-corrected chi connectivity index (χ1v) is 5.37. The van der Waals surface area contributed by atoms with Crippen molar-refractivity contribution in [2.75, 3.05) is 0 Å². The van der Waals surface area contributed by atoms with Crippen LogP contribution in [0.3, 0.4) is 0 Å². The Kier molecular flexibility index (Phi) is 2.93. The summed E-state index contributed by atoms with van der Waals surface area (Å²) in [5.41, 5.74) is 9.21. The highest BCUT2D eigenvalue weighted by atomic mass is 19.1. The molecule has 2 rings (SSSR count). The summed E-state index contributed by atoms with van der Waals surface area (Å²) in [6, 6.07) is 1.10. The Morgan fingerprint density at radius 3 is 2.65 bits per heavy atom. The lowest BCUT2D eigenvalue weighted by atomic mass is 9.98. The zero-order chi connectivity index (χ0) is 12.6. The van der Waals surface area contributed by atoms with E-state index in [-0.39, 0.29) is 5.82 Å². The van der Waals surface area contributed by atoms with Crippen LogP contribution in [0.4, 0.5) is 4.39 Å². The van der Waals surface area contributed by atoms with Gasteiger partial charge in [0.2, 0.25) is 0 Å². The Hall–Kier alpha value is -1.75. The van der Waals surface area contributed by atoms with E-state index in [1.165, 1.54) is 6.20 Å². The molecular formula is C12H15FN4. The van der Waals surface area contributed by atoms with Gasteiger partial charge in [0.05, 0.1) is 17.9 Å². The second-order valence-electron chi connectivity index (χ2n) is 4.08. The summed E-state index contributed by atoms with van der Waals surface area (Å²) in [6.07, 6.45) is 2.72. The number of hydrogen-bond donors (Lipinski definition) is 1. The zero-order valence-electron chi connectivity index (χ0n) is 10.1. The van der Waals surface area contributed by atoms with Crippen LogP contribution in [0.1, 0.15) is 28.6 Å². The molecule has 17 heavy (non-hydrogen) atoms. The first-order chi connectivity index (χ1) is 8.02. The van der Waals surface area contributed by atoms with Gasteiger partial charge in [-0.2, -0.15) is 5.10 Å². The van der Waals surface area contributed by atoms with Crippen LogP contribution in [0.2, 0.25) is 0 Å². The summed E-state index contributed by atoms with van der Waals surface area (Å²) in [5.74, 6) is -0.386. The van der Waals surface area contributed by atoms with Gasteiger partial charge in [0.25, 0.3) is 0 Å². The molecule has 2 aromatic rings. The van der Waals surface area contributed by atoms with Crippen molar-refractivity contribution in [2.45, 2.75) is 19.9 Å². The minimum Gasteiger partial charge on any atom is -0.320 e. The molecule has 0 saturated carbocycles. The van der Waals surface area contributed by atoms with E-state index in [2.05, 4.69) is 10.1 Å². The van der Waals surface area contributed by atoms with Gasteiger partial charge in [-0.25, -0.2) is 4.39 Å². The highest BCUT2D eigenvalue weighted by molar-refractivity contribution is 5.36. The van der Waals surface area contributed by atoms with Gasteiger partial charge in [0.15, 0.2) is 0 Å². The standard InChI is InChI=1S/C12H15FN4/c1-7-11(8(2)17(3)16-7)12(14)9-4-5-15-6-10(9)13/h4-6,12H,14H2,1-3H3. The third-order valence-corrected chi connectivity index (χ3v) is 3.01. The largest absolute Gasteiger partial charge is 0.320 e. The average molecular weight is 234 g/mol. The number of pyridine rings is 1. The van der Waals surface area contributed by atoms with Crippen LogP contribution in [0.5, 0.6) is 0 Å². The normalized spacial score (nSPS) is 12.8. The predicted octanol–water partition coefficient (Wildman–Crippen LogP) is 1.62. The minimum absolute atomic E-state index is 0.386. The number of hydrogen-bond acceptors (Lipinski definition) is 3. The minimum atomic E-state index is -0.508. The lowest BCUT2D eigenvalue weighted by Gasteiger charge is -2.13.